The van der Waals surface area contributed by atoms with Gasteiger partial charge in [-0.15, -0.1) is 0 Å². The van der Waals surface area contributed by atoms with Crippen LogP contribution in [0, 0.1) is 5.92 Å². The summed E-state index contributed by atoms with van der Waals surface area (Å²) in [5.74, 6) is 1.89. The molecule has 0 spiro atoms. The second-order valence-corrected chi connectivity index (χ2v) is 7.09. The van der Waals surface area contributed by atoms with Crippen LogP contribution >= 0.6 is 0 Å². The summed E-state index contributed by atoms with van der Waals surface area (Å²) in [4.78, 5) is 31.3. The number of imidazole rings is 1. The molecule has 2 aliphatic rings. The second kappa shape index (κ2) is 7.42. The van der Waals surface area contributed by atoms with Crippen LogP contribution in [0.5, 0.6) is 11.5 Å². The zero-order chi connectivity index (χ0) is 18.8. The molecule has 1 amide bonds. The molecule has 1 saturated heterocycles. The van der Waals surface area contributed by atoms with Crippen LogP contribution in [-0.4, -0.2) is 46.0 Å². The maximum atomic E-state index is 12.7. The highest BCUT2D eigenvalue weighted by atomic mass is 16.7. The largest absolute Gasteiger partial charge is 0.454 e. The van der Waals surface area contributed by atoms with Crippen LogP contribution in [0.2, 0.25) is 0 Å². The van der Waals surface area contributed by atoms with Crippen molar-refractivity contribution in [2.45, 2.75) is 25.7 Å². The SMILES string of the molecule is Cn1ccnc1C(=O)[C@@H]1CCCN(C(=O)CCc2ccc3c(c2)OCO3)C1. The van der Waals surface area contributed by atoms with E-state index in [0.29, 0.717) is 31.8 Å². The first-order valence-corrected chi connectivity index (χ1v) is 9.29. The Hall–Kier alpha value is -2.83. The summed E-state index contributed by atoms with van der Waals surface area (Å²) in [6.45, 7) is 1.44. The number of benzene rings is 1. The normalized spacial score (nSPS) is 18.6. The number of likely N-dealkylation sites (tertiary alicyclic amines) is 1. The van der Waals surface area contributed by atoms with E-state index in [0.717, 1.165) is 29.9 Å². The molecular formula is C20H23N3O4. The molecule has 142 valence electrons. The lowest BCUT2D eigenvalue weighted by Gasteiger charge is -2.32. The van der Waals surface area contributed by atoms with Crippen LogP contribution in [0.1, 0.15) is 35.4 Å². The van der Waals surface area contributed by atoms with Crippen LogP contribution < -0.4 is 9.47 Å². The van der Waals surface area contributed by atoms with Gasteiger partial charge in [0, 0.05) is 44.9 Å². The topological polar surface area (TPSA) is 73.7 Å². The molecule has 0 radical (unpaired) electrons. The number of ketones is 1. The first kappa shape index (κ1) is 17.6. The number of carbonyl (C=O) groups is 2. The summed E-state index contributed by atoms with van der Waals surface area (Å²) in [5.41, 5.74) is 1.05. The highest BCUT2D eigenvalue weighted by Gasteiger charge is 2.30. The van der Waals surface area contributed by atoms with Crippen LogP contribution in [0.3, 0.4) is 0 Å². The number of nitrogens with zero attached hydrogens (tertiary/aromatic N) is 3. The Bertz CT molecular complexity index is 861. The van der Waals surface area contributed by atoms with Crippen molar-refractivity contribution < 1.29 is 19.1 Å². The molecule has 0 N–H and O–H groups in total. The molecule has 3 heterocycles. The number of rotatable bonds is 5. The second-order valence-electron chi connectivity index (χ2n) is 7.09. The van der Waals surface area contributed by atoms with E-state index in [1.54, 1.807) is 17.0 Å². The van der Waals surface area contributed by atoms with Crippen molar-refractivity contribution >= 4 is 11.7 Å². The van der Waals surface area contributed by atoms with Crippen LogP contribution in [0.4, 0.5) is 0 Å². The molecule has 7 nitrogen and oxygen atoms in total. The van der Waals surface area contributed by atoms with Gasteiger partial charge in [-0.1, -0.05) is 6.07 Å². The molecule has 4 rings (SSSR count). The van der Waals surface area contributed by atoms with Gasteiger partial charge in [0.25, 0.3) is 0 Å². The third-order valence-electron chi connectivity index (χ3n) is 5.25. The number of piperidine rings is 1. The number of amides is 1. The molecule has 7 heteroatoms. The Balaban J connectivity index is 1.34. The molecule has 2 aromatic rings. The minimum Gasteiger partial charge on any atom is -0.454 e. The summed E-state index contributed by atoms with van der Waals surface area (Å²) < 4.78 is 12.4. The summed E-state index contributed by atoms with van der Waals surface area (Å²) >= 11 is 0. The summed E-state index contributed by atoms with van der Waals surface area (Å²) in [5, 5.41) is 0. The van der Waals surface area contributed by atoms with E-state index in [-0.39, 0.29) is 24.4 Å². The highest BCUT2D eigenvalue weighted by molar-refractivity contribution is 5.95. The smallest absolute Gasteiger partial charge is 0.231 e. The van der Waals surface area contributed by atoms with Gasteiger partial charge in [-0.25, -0.2) is 4.98 Å². The fourth-order valence-corrected chi connectivity index (χ4v) is 3.71. The number of hydrogen-bond donors (Lipinski definition) is 0. The van der Waals surface area contributed by atoms with Gasteiger partial charge in [-0.05, 0) is 37.0 Å². The van der Waals surface area contributed by atoms with Gasteiger partial charge >= 0.3 is 0 Å². The fraction of sp³-hybridized carbons (Fsp3) is 0.450. The molecule has 1 fully saturated rings. The Morgan fingerprint density at radius 1 is 1.26 bits per heavy atom. The molecule has 1 aromatic heterocycles. The van der Waals surface area contributed by atoms with Crippen molar-refractivity contribution in [2.75, 3.05) is 19.9 Å². The number of Topliss-reactive ketones (excluding diaryl/α,β-unsaturated/α-hetero) is 1. The average Bonchev–Trinajstić information content (AvgIpc) is 3.33. The van der Waals surface area contributed by atoms with E-state index in [1.165, 1.54) is 0 Å². The van der Waals surface area contributed by atoms with Gasteiger partial charge in [0.2, 0.25) is 18.5 Å². The van der Waals surface area contributed by atoms with E-state index in [4.69, 9.17) is 9.47 Å². The van der Waals surface area contributed by atoms with Crippen molar-refractivity contribution in [2.24, 2.45) is 13.0 Å². The quantitative estimate of drug-likeness (QED) is 0.756. The minimum atomic E-state index is -0.172. The van der Waals surface area contributed by atoms with Crippen LogP contribution in [0.25, 0.3) is 0 Å². The Morgan fingerprint density at radius 2 is 2.11 bits per heavy atom. The maximum absolute atomic E-state index is 12.7. The number of hydrogen-bond acceptors (Lipinski definition) is 5. The van der Waals surface area contributed by atoms with E-state index >= 15 is 0 Å². The zero-order valence-electron chi connectivity index (χ0n) is 15.4. The fourth-order valence-electron chi connectivity index (χ4n) is 3.71. The zero-order valence-corrected chi connectivity index (χ0v) is 15.4. The Labute approximate surface area is 157 Å². The van der Waals surface area contributed by atoms with Gasteiger partial charge in [0.15, 0.2) is 17.3 Å². The standard InChI is InChI=1S/C20H23N3O4/c1-22-10-8-21-20(22)19(25)15-3-2-9-23(12-15)18(24)7-5-14-4-6-16-17(11-14)27-13-26-16/h4,6,8,10-11,15H,2-3,5,7,9,12-13H2,1H3/t15-/m1/s1. The summed E-state index contributed by atoms with van der Waals surface area (Å²) in [6, 6.07) is 5.77. The lowest BCUT2D eigenvalue weighted by Crippen LogP contribution is -2.42. The van der Waals surface area contributed by atoms with Gasteiger partial charge in [-0.2, -0.15) is 0 Å². The molecule has 0 unspecified atom stereocenters. The van der Waals surface area contributed by atoms with E-state index in [9.17, 15) is 9.59 Å². The van der Waals surface area contributed by atoms with E-state index in [2.05, 4.69) is 4.98 Å². The highest BCUT2D eigenvalue weighted by Crippen LogP contribution is 2.32. The van der Waals surface area contributed by atoms with E-state index in [1.807, 2.05) is 30.1 Å². The van der Waals surface area contributed by atoms with E-state index < -0.39 is 0 Å². The summed E-state index contributed by atoms with van der Waals surface area (Å²) in [6.07, 6.45) is 6.11. The van der Waals surface area contributed by atoms with Gasteiger partial charge in [0.05, 0.1) is 0 Å². The van der Waals surface area contributed by atoms with Crippen molar-refractivity contribution in [1.82, 2.24) is 14.5 Å². The predicted molar refractivity (Wildman–Crippen MR) is 97.7 cm³/mol. The molecule has 1 atom stereocenters. The lowest BCUT2D eigenvalue weighted by molar-refractivity contribution is -0.132. The van der Waals surface area contributed by atoms with Gasteiger partial charge in [0.1, 0.15) is 0 Å². The number of ether oxygens (including phenoxy) is 2. The Kier molecular flexibility index (Phi) is 4.83. The molecule has 0 saturated carbocycles. The van der Waals surface area contributed by atoms with Crippen LogP contribution in [0.15, 0.2) is 30.6 Å². The third kappa shape index (κ3) is 3.67. The minimum absolute atomic E-state index is 0.0239. The van der Waals surface area contributed by atoms with Crippen LogP contribution in [-0.2, 0) is 18.3 Å². The third-order valence-corrected chi connectivity index (χ3v) is 5.25. The van der Waals surface area contributed by atoms with Gasteiger partial charge < -0.3 is 18.9 Å². The predicted octanol–water partition coefficient (Wildman–Crippen LogP) is 2.20. The molecule has 2 aliphatic heterocycles. The van der Waals surface area contributed by atoms with Crippen molar-refractivity contribution in [3.8, 4) is 11.5 Å². The number of aryl methyl sites for hydroxylation is 2. The molecule has 1 aromatic carbocycles. The van der Waals surface area contributed by atoms with Crippen molar-refractivity contribution in [3.05, 3.63) is 42.0 Å². The summed E-state index contributed by atoms with van der Waals surface area (Å²) in [7, 11) is 1.82. The molecular weight excluding hydrogens is 346 g/mol. The first-order chi connectivity index (χ1) is 13.1. The molecule has 0 bridgehead atoms. The average molecular weight is 369 g/mol. The monoisotopic (exact) mass is 369 g/mol. The van der Waals surface area contributed by atoms with Crippen molar-refractivity contribution in [3.63, 3.8) is 0 Å². The number of aromatic nitrogens is 2. The Morgan fingerprint density at radius 3 is 2.93 bits per heavy atom. The maximum Gasteiger partial charge on any atom is 0.231 e. The first-order valence-electron chi connectivity index (χ1n) is 9.29. The lowest BCUT2D eigenvalue weighted by atomic mass is 9.93. The number of carbonyl (C=O) groups excluding carboxylic acids is 2. The molecule has 27 heavy (non-hydrogen) atoms. The van der Waals surface area contributed by atoms with Gasteiger partial charge in [-0.3, -0.25) is 9.59 Å². The molecule has 0 aliphatic carbocycles. The van der Waals surface area contributed by atoms with Crippen molar-refractivity contribution in [1.29, 1.82) is 0 Å². The number of fused-ring (bicyclic) bond motifs is 1.